The van der Waals surface area contributed by atoms with Crippen LogP contribution in [0.1, 0.15) is 59.3 Å². The first-order valence-electron chi connectivity index (χ1n) is 9.17. The van der Waals surface area contributed by atoms with Crippen molar-refractivity contribution in [3.05, 3.63) is 11.8 Å². The van der Waals surface area contributed by atoms with Gasteiger partial charge in [-0.15, -0.1) is 0 Å². The lowest BCUT2D eigenvalue weighted by Crippen LogP contribution is -2.34. The van der Waals surface area contributed by atoms with E-state index in [4.69, 9.17) is 15.2 Å². The van der Waals surface area contributed by atoms with Crippen molar-refractivity contribution in [1.82, 2.24) is 5.32 Å². The van der Waals surface area contributed by atoms with Gasteiger partial charge in [-0.1, -0.05) is 0 Å². The Morgan fingerprint density at radius 2 is 1.88 bits per heavy atom. The van der Waals surface area contributed by atoms with Crippen molar-refractivity contribution in [2.24, 2.45) is 17.6 Å². The van der Waals surface area contributed by atoms with E-state index in [2.05, 4.69) is 5.32 Å². The molecule has 0 aromatic rings. The van der Waals surface area contributed by atoms with Crippen molar-refractivity contribution < 1.29 is 14.3 Å². The average Bonchev–Trinajstić information content (AvgIpc) is 2.58. The van der Waals surface area contributed by atoms with E-state index in [1.807, 2.05) is 26.8 Å². The van der Waals surface area contributed by atoms with E-state index in [0.717, 1.165) is 18.8 Å². The highest BCUT2D eigenvalue weighted by Crippen LogP contribution is 2.27. The summed E-state index contributed by atoms with van der Waals surface area (Å²) in [7, 11) is 1.64. The van der Waals surface area contributed by atoms with Crippen LogP contribution in [0.25, 0.3) is 0 Å². The Kier molecular flexibility index (Phi) is 9.37. The minimum absolute atomic E-state index is 0.122. The maximum atomic E-state index is 12.1. The van der Waals surface area contributed by atoms with Gasteiger partial charge in [0.1, 0.15) is 0 Å². The molecule has 0 atom stereocenters. The smallest absolute Gasteiger partial charge is 0.220 e. The molecule has 1 aliphatic rings. The number of ether oxygens (including phenoxy) is 2. The summed E-state index contributed by atoms with van der Waals surface area (Å²) >= 11 is 0. The molecule has 24 heavy (non-hydrogen) atoms. The number of hydrogen-bond acceptors (Lipinski definition) is 4. The van der Waals surface area contributed by atoms with Crippen molar-refractivity contribution in [1.29, 1.82) is 0 Å². The second-order valence-electron chi connectivity index (χ2n) is 7.52. The molecule has 1 aliphatic carbocycles. The lowest BCUT2D eigenvalue weighted by Gasteiger charge is -2.28. The van der Waals surface area contributed by atoms with Crippen LogP contribution in [0.2, 0.25) is 0 Å². The molecule has 140 valence electrons. The molecule has 1 fully saturated rings. The van der Waals surface area contributed by atoms with Crippen LogP contribution in [0.5, 0.6) is 0 Å². The fourth-order valence-corrected chi connectivity index (χ4v) is 2.97. The van der Waals surface area contributed by atoms with Crippen LogP contribution in [0.3, 0.4) is 0 Å². The summed E-state index contributed by atoms with van der Waals surface area (Å²) in [5.74, 6) is 2.26. The molecule has 0 saturated heterocycles. The number of nitrogens with one attached hydrogen (secondary N) is 1. The molecule has 1 rings (SSSR count). The van der Waals surface area contributed by atoms with Gasteiger partial charge in [-0.3, -0.25) is 4.79 Å². The lowest BCUT2D eigenvalue weighted by atomic mass is 9.82. The fourth-order valence-electron chi connectivity index (χ4n) is 2.97. The second kappa shape index (κ2) is 10.7. The third kappa shape index (κ3) is 8.69. The predicted molar refractivity (Wildman–Crippen MR) is 97.5 cm³/mol. The Labute approximate surface area is 147 Å². The SMILES string of the molecule is CO/C(C)=C/COC(C)(C)CCC(=O)NCC1CCC(CN)CC1. The van der Waals surface area contributed by atoms with Crippen LogP contribution in [-0.4, -0.2) is 38.3 Å². The topological polar surface area (TPSA) is 73.6 Å². The number of hydrogen-bond donors (Lipinski definition) is 2. The third-order valence-corrected chi connectivity index (χ3v) is 5.01. The summed E-state index contributed by atoms with van der Waals surface area (Å²) in [6.45, 7) is 8.03. The number of allylic oxidation sites excluding steroid dienone is 1. The van der Waals surface area contributed by atoms with Crippen LogP contribution < -0.4 is 11.1 Å². The molecule has 5 heteroatoms. The average molecular weight is 341 g/mol. The molecular formula is C19H36N2O3. The molecule has 5 nitrogen and oxygen atoms in total. The van der Waals surface area contributed by atoms with Gasteiger partial charge in [0.2, 0.25) is 5.91 Å². The molecule has 0 spiro atoms. The summed E-state index contributed by atoms with van der Waals surface area (Å²) in [4.78, 5) is 12.1. The Morgan fingerprint density at radius 1 is 1.25 bits per heavy atom. The normalized spacial score (nSPS) is 22.3. The Hall–Kier alpha value is -1.07. The Balaban J connectivity index is 2.18. The van der Waals surface area contributed by atoms with Crippen molar-refractivity contribution >= 4 is 5.91 Å². The molecule has 0 unspecified atom stereocenters. The zero-order valence-electron chi connectivity index (χ0n) is 15.9. The standard InChI is InChI=1S/C19H36N2O3/c1-15(23-4)10-12-24-19(2,3)11-9-18(22)21-14-17-7-5-16(13-20)6-8-17/h10,16-17H,5-9,11-14,20H2,1-4H3,(H,21,22)/b15-10+. The van der Waals surface area contributed by atoms with Crippen molar-refractivity contribution in [2.75, 3.05) is 26.8 Å². The molecule has 0 aromatic carbocycles. The van der Waals surface area contributed by atoms with E-state index in [0.29, 0.717) is 31.3 Å². The first-order valence-corrected chi connectivity index (χ1v) is 9.17. The fraction of sp³-hybridized carbons (Fsp3) is 0.842. The summed E-state index contributed by atoms with van der Waals surface area (Å²) < 4.78 is 10.9. The van der Waals surface area contributed by atoms with E-state index in [-0.39, 0.29) is 11.5 Å². The molecule has 0 bridgehead atoms. The van der Waals surface area contributed by atoms with E-state index in [1.165, 1.54) is 25.7 Å². The van der Waals surface area contributed by atoms with Gasteiger partial charge < -0.3 is 20.5 Å². The molecule has 0 aromatic heterocycles. The minimum atomic E-state index is -0.318. The van der Waals surface area contributed by atoms with Crippen LogP contribution in [-0.2, 0) is 14.3 Å². The molecule has 1 saturated carbocycles. The number of carbonyl (C=O) groups is 1. The van der Waals surface area contributed by atoms with E-state index in [1.54, 1.807) is 7.11 Å². The van der Waals surface area contributed by atoms with Crippen LogP contribution in [0, 0.1) is 11.8 Å². The van der Waals surface area contributed by atoms with E-state index >= 15 is 0 Å². The third-order valence-electron chi connectivity index (χ3n) is 5.01. The van der Waals surface area contributed by atoms with Crippen molar-refractivity contribution in [3.8, 4) is 0 Å². The van der Waals surface area contributed by atoms with E-state index < -0.39 is 0 Å². The van der Waals surface area contributed by atoms with Gasteiger partial charge in [-0.25, -0.2) is 0 Å². The van der Waals surface area contributed by atoms with Gasteiger partial charge in [0.05, 0.1) is 25.1 Å². The highest BCUT2D eigenvalue weighted by molar-refractivity contribution is 5.75. The number of amides is 1. The van der Waals surface area contributed by atoms with Crippen LogP contribution >= 0.6 is 0 Å². The zero-order chi connectivity index (χ0) is 18.0. The largest absolute Gasteiger partial charge is 0.502 e. The van der Waals surface area contributed by atoms with Gasteiger partial charge in [0, 0.05) is 13.0 Å². The van der Waals surface area contributed by atoms with Gasteiger partial charge in [-0.2, -0.15) is 0 Å². The number of carbonyl (C=O) groups excluding carboxylic acids is 1. The molecule has 1 amide bonds. The van der Waals surface area contributed by atoms with Gasteiger partial charge >= 0.3 is 0 Å². The number of nitrogens with two attached hydrogens (primary N) is 1. The summed E-state index contributed by atoms with van der Waals surface area (Å²) in [6.07, 6.45) is 7.87. The highest BCUT2D eigenvalue weighted by Gasteiger charge is 2.22. The van der Waals surface area contributed by atoms with Crippen LogP contribution in [0.4, 0.5) is 0 Å². The Morgan fingerprint density at radius 3 is 2.46 bits per heavy atom. The van der Waals surface area contributed by atoms with Crippen molar-refractivity contribution in [2.45, 2.75) is 64.9 Å². The quantitative estimate of drug-likeness (QED) is 0.600. The van der Waals surface area contributed by atoms with E-state index in [9.17, 15) is 4.79 Å². The maximum Gasteiger partial charge on any atom is 0.220 e. The predicted octanol–water partition coefficient (Wildman–Crippen LogP) is 2.99. The summed E-state index contributed by atoms with van der Waals surface area (Å²) in [5.41, 5.74) is 5.40. The van der Waals surface area contributed by atoms with Gasteiger partial charge in [0.15, 0.2) is 0 Å². The molecule has 3 N–H and O–H groups in total. The van der Waals surface area contributed by atoms with Gasteiger partial charge in [-0.05, 0) is 77.3 Å². The monoisotopic (exact) mass is 340 g/mol. The molecule has 0 radical (unpaired) electrons. The summed E-state index contributed by atoms with van der Waals surface area (Å²) in [5, 5.41) is 3.08. The minimum Gasteiger partial charge on any atom is -0.502 e. The number of methoxy groups -OCH3 is 1. The van der Waals surface area contributed by atoms with Crippen LogP contribution in [0.15, 0.2) is 11.8 Å². The molecule has 0 heterocycles. The first kappa shape index (κ1) is 21.0. The highest BCUT2D eigenvalue weighted by atomic mass is 16.5. The number of rotatable bonds is 10. The maximum absolute atomic E-state index is 12.1. The zero-order valence-corrected chi connectivity index (χ0v) is 15.9. The van der Waals surface area contributed by atoms with Gasteiger partial charge in [0.25, 0.3) is 0 Å². The van der Waals surface area contributed by atoms with Crippen molar-refractivity contribution in [3.63, 3.8) is 0 Å². The Bertz CT molecular complexity index is 399. The molecule has 0 aliphatic heterocycles. The second-order valence-corrected chi connectivity index (χ2v) is 7.52. The molecular weight excluding hydrogens is 304 g/mol. The summed E-state index contributed by atoms with van der Waals surface area (Å²) in [6, 6.07) is 0. The first-order chi connectivity index (χ1) is 11.4. The lowest BCUT2D eigenvalue weighted by molar-refractivity contribution is -0.123.